The molecule has 7 nitrogen and oxygen atoms in total. The Labute approximate surface area is 759 Å². The zero-order chi connectivity index (χ0) is 82.2. The van der Waals surface area contributed by atoms with E-state index < -0.39 is 12.1 Å². The minimum atomic E-state index is -1.00. The molecule has 8 unspecified atom stereocenters. The second-order valence-corrected chi connectivity index (χ2v) is 34.8. The van der Waals surface area contributed by atoms with Crippen LogP contribution in [0.4, 0.5) is 4.39 Å². The number of hydrogen-bond acceptors (Lipinski definition) is 3. The van der Waals surface area contributed by atoms with Crippen molar-refractivity contribution in [3.05, 3.63) is 247 Å². The van der Waals surface area contributed by atoms with E-state index in [2.05, 4.69) is 303 Å². The van der Waals surface area contributed by atoms with Gasteiger partial charge in [-0.05, 0) is 178 Å². The summed E-state index contributed by atoms with van der Waals surface area (Å²) in [4.78, 5) is 0. The summed E-state index contributed by atoms with van der Waals surface area (Å²) in [5.74, 6) is 2.03. The van der Waals surface area contributed by atoms with Gasteiger partial charge in [0.05, 0.1) is 30.9 Å². The number of aryl methyl sites for hydroxylation is 8. The SMILES string of the molecule is CCCCCCCCC1(CCCCCCCC)c2cc(-c3ccc(C)cc3)ccc2-c2ccc(-c3ccc(C)cc3)cc21.CCCCCCCCOc1cc(C)c(OCCCCCCCC)cc1C.Cc1ccc(-c2ccc(C)cc2)cc1.Cc1ccc(C)cc1.[2H]C(=[N-])OPP.[B]C(=[N-])PP.[N-]=C(F)PP.[N-]=C(P)P.[V].[V].[V].[V]. The predicted octanol–water partition coefficient (Wildman–Crippen LogP) is 31.0. The van der Waals surface area contributed by atoms with Crippen molar-refractivity contribution in [1.29, 1.82) is 0 Å². The first-order chi connectivity index (χ1) is 53.3. The Kier molecular flexibility index (Phi) is 72.0. The van der Waals surface area contributed by atoms with Gasteiger partial charge in [0.2, 0.25) is 0 Å². The second-order valence-electron chi connectivity index (χ2n) is 28.6. The van der Waals surface area contributed by atoms with Crippen molar-refractivity contribution in [1.82, 2.24) is 0 Å². The maximum atomic E-state index is 10.9. The van der Waals surface area contributed by atoms with Crippen molar-refractivity contribution in [3.63, 3.8) is 0 Å². The molecule has 0 amide bonds. The van der Waals surface area contributed by atoms with Gasteiger partial charge in [0.15, 0.2) is 0 Å². The molecule has 21 heteroatoms. The smallest absolute Gasteiger partial charge is 0.122 e. The van der Waals surface area contributed by atoms with Gasteiger partial charge in [-0.2, -0.15) is 5.19 Å². The Bertz CT molecular complexity index is 3640. The van der Waals surface area contributed by atoms with Crippen LogP contribution in [0, 0.1) is 55.4 Å². The van der Waals surface area contributed by atoms with Crippen LogP contribution in [0.3, 0.4) is 0 Å². The monoisotopic (exact) mass is 1840 g/mol. The molecule has 0 N–H and O–H groups in total. The molecule has 0 fully saturated rings. The topological polar surface area (TPSA) is 117 Å². The van der Waals surface area contributed by atoms with Gasteiger partial charge in [0, 0.05) is 85.3 Å². The summed E-state index contributed by atoms with van der Waals surface area (Å²) in [6.45, 7) is 27.8. The maximum Gasteiger partial charge on any atom is 0.122 e. The number of ether oxygens (including phenoxy) is 2. The molecule has 114 heavy (non-hydrogen) atoms. The molecular formula is C93H134BFN4O3P8V4-4. The van der Waals surface area contributed by atoms with Gasteiger partial charge in [0.1, 0.15) is 11.5 Å². The molecular weight excluding hydrogens is 1700 g/mol. The van der Waals surface area contributed by atoms with Gasteiger partial charge in [-0.1, -0.05) is 365 Å². The summed E-state index contributed by atoms with van der Waals surface area (Å²) in [6.07, 6.45) is 33.5. The minimum absolute atomic E-state index is 0. The zero-order valence-corrected chi connectivity index (χ0v) is 85.0. The van der Waals surface area contributed by atoms with Crippen LogP contribution in [-0.2, 0) is 84.2 Å². The van der Waals surface area contributed by atoms with Crippen molar-refractivity contribution in [2.45, 2.75) is 255 Å². The number of unbranched alkanes of at least 4 members (excludes halogenated alkanes) is 20. The van der Waals surface area contributed by atoms with Crippen LogP contribution >= 0.6 is 70.3 Å². The molecule has 0 heterocycles. The van der Waals surface area contributed by atoms with E-state index in [0.717, 1.165) is 37.6 Å². The molecule has 0 spiro atoms. The molecule has 8 aromatic carbocycles. The van der Waals surface area contributed by atoms with Crippen LogP contribution in [0.5, 0.6) is 11.5 Å². The van der Waals surface area contributed by atoms with Crippen LogP contribution in [0.15, 0.2) is 170 Å². The maximum absolute atomic E-state index is 10.9. The normalized spacial score (nSPS) is 11.0. The summed E-state index contributed by atoms with van der Waals surface area (Å²) in [7, 11) is 15.7. The van der Waals surface area contributed by atoms with Gasteiger partial charge >= 0.3 is 0 Å². The minimum Gasteiger partial charge on any atom is -0.816 e. The molecule has 8 atom stereocenters. The standard InChI is InChI=1S/C43H54.C24H42O2.C14H14.C8H10.CH3BNP2.CH3FNP2.CH4NOP2.CH4NP2.4V/c1-5-7-9-11-13-15-29-43(30-16-14-12-10-8-6-2)41-31-37(35-21-17-33(3)18-22-35)25-27-39(41)40-28-26-38(32-42(40)43)36-23-19-34(4)20-24-36;1-5-7-9-11-13-15-17-25-23-19-22(4)24(20-21(23)3)26-18-16-14-12-10-8-6-2;1-11-3-7-13(8-4-11)14-9-5-12(2)6-10-14;1-7-3-5-8(2)6-4-7;2*2-1(3)5-4;2-1-3-5-4;2-1(3)4;;;;/h17-28,31-32H,5-16,29-30H2,1-4H3;19-20H,5-18H2,1-4H3;3-10H,1-2H3;3-6H,1-2H3;2*5H,4H2;1,5H,4H2;3-4H2;;;;/q;;;;4*-1;;;;/i;;;;;;1D;;;;;. The van der Waals surface area contributed by atoms with Gasteiger partial charge < -0.3 is 35.6 Å². The van der Waals surface area contributed by atoms with E-state index in [1.54, 1.807) is 11.1 Å². The quantitative estimate of drug-likeness (QED) is 0.0128. The molecule has 0 aromatic heterocycles. The molecule has 0 saturated heterocycles. The van der Waals surface area contributed by atoms with Crippen molar-refractivity contribution >= 4 is 101 Å². The summed E-state index contributed by atoms with van der Waals surface area (Å²) in [6, 6.07) is 63.0. The van der Waals surface area contributed by atoms with E-state index in [-0.39, 0.29) is 115 Å². The third-order valence-corrected chi connectivity index (χ3v) is 21.8. The first-order valence-electron chi connectivity index (χ1n) is 40.5. The van der Waals surface area contributed by atoms with E-state index >= 15 is 0 Å². The first kappa shape index (κ1) is 114. The first-order valence-corrected chi connectivity index (χ1v) is 49.5. The van der Waals surface area contributed by atoms with Crippen molar-refractivity contribution < 1.29 is 94.0 Å². The van der Waals surface area contributed by atoms with Crippen molar-refractivity contribution in [2.24, 2.45) is 0 Å². The molecule has 6 radical (unpaired) electrons. The van der Waals surface area contributed by atoms with Crippen LogP contribution in [0.25, 0.3) is 66.1 Å². The zero-order valence-electron chi connectivity index (χ0n) is 71.6. The fourth-order valence-electron chi connectivity index (χ4n) is 12.8. The Balaban J connectivity index is -0.00000147. The number of hydrogen-bond donors (Lipinski definition) is 0. The third-order valence-electron chi connectivity index (χ3n) is 19.1. The number of nitrogens with zero attached hydrogens (tertiary/aromatic N) is 4. The van der Waals surface area contributed by atoms with Crippen molar-refractivity contribution in [2.75, 3.05) is 13.2 Å². The van der Waals surface area contributed by atoms with Gasteiger partial charge in [-0.3, -0.25) is 0 Å². The number of rotatable bonds is 36. The fourth-order valence-corrected chi connectivity index (χ4v) is 13.0. The van der Waals surface area contributed by atoms with Gasteiger partial charge in [0.25, 0.3) is 0 Å². The van der Waals surface area contributed by atoms with E-state index in [1.807, 2.05) is 0 Å². The summed E-state index contributed by atoms with van der Waals surface area (Å²) < 4.78 is 33.3. The number of benzene rings is 8. The largest absolute Gasteiger partial charge is 0.816 e. The van der Waals surface area contributed by atoms with E-state index in [4.69, 9.17) is 40.3 Å². The van der Waals surface area contributed by atoms with Crippen LogP contribution in [0.2, 0.25) is 0 Å². The number of fused-ring (bicyclic) bond motifs is 3. The molecule has 8 aromatic rings. The predicted molar refractivity (Wildman–Crippen MR) is 516 cm³/mol. The molecule has 618 valence electrons. The van der Waals surface area contributed by atoms with Crippen LogP contribution < -0.4 is 9.47 Å². The molecule has 0 bridgehead atoms. The summed E-state index contributed by atoms with van der Waals surface area (Å²) in [5, 5.41) is 31.7. The average Bonchev–Trinajstić information content (AvgIpc) is 1.56. The summed E-state index contributed by atoms with van der Waals surface area (Å²) >= 11 is 0. The van der Waals surface area contributed by atoms with Crippen LogP contribution in [0.1, 0.15) is 252 Å². The van der Waals surface area contributed by atoms with E-state index in [0.29, 0.717) is 0 Å². The van der Waals surface area contributed by atoms with E-state index in [1.165, 1.54) is 243 Å². The molecule has 0 saturated carbocycles. The van der Waals surface area contributed by atoms with Crippen LogP contribution in [-0.4, -0.2) is 43.7 Å². The average molecular weight is 1840 g/mol. The molecule has 1 aliphatic carbocycles. The summed E-state index contributed by atoms with van der Waals surface area (Å²) in [5.41, 5.74) is 23.4. The van der Waals surface area contributed by atoms with Crippen molar-refractivity contribution in [3.8, 4) is 56.0 Å². The van der Waals surface area contributed by atoms with Gasteiger partial charge in [-0.15, -0.1) is 44.6 Å². The van der Waals surface area contributed by atoms with Gasteiger partial charge in [-0.25, -0.2) is 9.74 Å². The molecule has 0 aliphatic heterocycles. The fraction of sp³-hybridized carbons (Fsp3) is 0.441. The Morgan fingerprint density at radius 1 is 0.395 bits per heavy atom. The number of halogens is 1. The Morgan fingerprint density at radius 2 is 0.623 bits per heavy atom. The molecule has 1 aliphatic rings. The molecule has 9 rings (SSSR count). The Hall–Kier alpha value is -2.39. The van der Waals surface area contributed by atoms with E-state index in [9.17, 15) is 4.39 Å². The second kappa shape index (κ2) is 72.3. The Morgan fingerprint density at radius 3 is 0.851 bits per heavy atom. The third kappa shape index (κ3) is 50.8.